The molecule has 0 spiro atoms. The van der Waals surface area contributed by atoms with Crippen molar-refractivity contribution in [2.24, 2.45) is 0 Å². The number of ketones is 1. The van der Waals surface area contributed by atoms with Gasteiger partial charge in [-0.3, -0.25) is 4.79 Å². The van der Waals surface area contributed by atoms with E-state index in [1.54, 1.807) is 6.07 Å². The molecule has 2 aromatic carbocycles. The zero-order valence-corrected chi connectivity index (χ0v) is 13.3. The summed E-state index contributed by atoms with van der Waals surface area (Å²) in [5, 5.41) is 0.593. The Hall–Kier alpha value is -2.17. The van der Waals surface area contributed by atoms with Crippen molar-refractivity contribution in [2.75, 3.05) is 6.61 Å². The number of hydrogen-bond acceptors (Lipinski definition) is 3. The summed E-state index contributed by atoms with van der Waals surface area (Å²) in [6, 6.07) is 10.1. The fourth-order valence-corrected chi connectivity index (χ4v) is 2.27. The quantitative estimate of drug-likeness (QED) is 0.449. The molecular weight excluding hydrogens is 342 g/mol. The molecule has 0 radical (unpaired) electrons. The highest BCUT2D eigenvalue weighted by Crippen LogP contribution is 2.21. The second kappa shape index (κ2) is 7.90. The van der Waals surface area contributed by atoms with Gasteiger partial charge in [0.05, 0.1) is 5.02 Å². The molecule has 0 bridgehead atoms. The highest BCUT2D eigenvalue weighted by atomic mass is 35.5. The molecule has 0 N–H and O–H groups in total. The first-order chi connectivity index (χ1) is 11.0. The number of rotatable bonds is 5. The van der Waals surface area contributed by atoms with Gasteiger partial charge in [0.25, 0.3) is 0 Å². The van der Waals surface area contributed by atoms with Gasteiger partial charge in [-0.05, 0) is 42.0 Å². The van der Waals surface area contributed by atoms with Crippen LogP contribution in [0, 0.1) is 5.82 Å². The maximum Gasteiger partial charge on any atom is 0.331 e. The third-order valence-electron chi connectivity index (χ3n) is 2.84. The Morgan fingerprint density at radius 2 is 1.91 bits per heavy atom. The summed E-state index contributed by atoms with van der Waals surface area (Å²) in [4.78, 5) is 23.5. The van der Waals surface area contributed by atoms with Crippen LogP contribution in [0.15, 0.2) is 48.5 Å². The molecule has 0 unspecified atom stereocenters. The Labute approximate surface area is 142 Å². The molecule has 0 saturated heterocycles. The van der Waals surface area contributed by atoms with E-state index in [-0.39, 0.29) is 10.6 Å². The average Bonchev–Trinajstić information content (AvgIpc) is 2.50. The van der Waals surface area contributed by atoms with Crippen molar-refractivity contribution in [3.8, 4) is 0 Å². The summed E-state index contributed by atoms with van der Waals surface area (Å²) >= 11 is 11.6. The van der Waals surface area contributed by atoms with Crippen LogP contribution in [0.2, 0.25) is 10.0 Å². The number of hydrogen-bond donors (Lipinski definition) is 0. The van der Waals surface area contributed by atoms with Crippen molar-refractivity contribution in [1.29, 1.82) is 0 Å². The van der Waals surface area contributed by atoms with Gasteiger partial charge in [-0.1, -0.05) is 35.3 Å². The smallest absolute Gasteiger partial charge is 0.331 e. The lowest BCUT2D eigenvalue weighted by Crippen LogP contribution is -2.13. The normalized spacial score (nSPS) is 10.7. The Morgan fingerprint density at radius 1 is 1.13 bits per heavy atom. The Balaban J connectivity index is 1.92. The lowest BCUT2D eigenvalue weighted by atomic mass is 10.1. The van der Waals surface area contributed by atoms with Gasteiger partial charge >= 0.3 is 5.97 Å². The average molecular weight is 353 g/mol. The summed E-state index contributed by atoms with van der Waals surface area (Å²) in [6.07, 6.45) is 2.51. The monoisotopic (exact) mass is 352 g/mol. The van der Waals surface area contributed by atoms with Crippen LogP contribution in [-0.2, 0) is 9.53 Å². The molecule has 0 atom stereocenters. The maximum atomic E-state index is 13.0. The number of esters is 1. The van der Waals surface area contributed by atoms with Crippen molar-refractivity contribution in [3.63, 3.8) is 0 Å². The molecule has 0 aliphatic carbocycles. The SMILES string of the molecule is O=C(/C=C/c1cccc(F)c1)OCC(=O)c1ccc(Cl)cc1Cl. The third kappa shape index (κ3) is 5.20. The summed E-state index contributed by atoms with van der Waals surface area (Å²) in [5.74, 6) is -1.57. The lowest BCUT2D eigenvalue weighted by molar-refractivity contribution is -0.136. The highest BCUT2D eigenvalue weighted by Gasteiger charge is 2.12. The van der Waals surface area contributed by atoms with Crippen LogP contribution in [0.3, 0.4) is 0 Å². The number of benzene rings is 2. The minimum absolute atomic E-state index is 0.189. The van der Waals surface area contributed by atoms with Crippen LogP contribution in [-0.4, -0.2) is 18.4 Å². The predicted molar refractivity (Wildman–Crippen MR) is 87.2 cm³/mol. The van der Waals surface area contributed by atoms with Crippen LogP contribution in [0.25, 0.3) is 6.08 Å². The Bertz CT molecular complexity index is 772. The molecule has 0 fully saturated rings. The largest absolute Gasteiger partial charge is 0.454 e. The van der Waals surface area contributed by atoms with Gasteiger partial charge in [0, 0.05) is 16.7 Å². The Kier molecular flexibility index (Phi) is 5.90. The zero-order valence-electron chi connectivity index (χ0n) is 11.8. The van der Waals surface area contributed by atoms with E-state index < -0.39 is 24.2 Å². The van der Waals surface area contributed by atoms with E-state index in [9.17, 15) is 14.0 Å². The number of carbonyl (C=O) groups is 2. The molecule has 0 aromatic heterocycles. The molecule has 2 aromatic rings. The van der Waals surface area contributed by atoms with E-state index in [0.29, 0.717) is 10.6 Å². The zero-order chi connectivity index (χ0) is 16.8. The molecule has 0 saturated carbocycles. The number of ether oxygens (including phenoxy) is 1. The minimum atomic E-state index is -0.715. The second-order valence-corrected chi connectivity index (χ2v) is 5.39. The van der Waals surface area contributed by atoms with Gasteiger partial charge in [0.1, 0.15) is 5.82 Å². The number of Topliss-reactive ketones (excluding diaryl/α,β-unsaturated/α-hetero) is 1. The number of halogens is 3. The van der Waals surface area contributed by atoms with Gasteiger partial charge in [0.2, 0.25) is 5.78 Å². The third-order valence-corrected chi connectivity index (χ3v) is 3.39. The summed E-state index contributed by atoms with van der Waals surface area (Å²) in [5.41, 5.74) is 0.729. The van der Waals surface area contributed by atoms with Crippen LogP contribution >= 0.6 is 23.2 Å². The van der Waals surface area contributed by atoms with E-state index in [2.05, 4.69) is 0 Å². The van der Waals surface area contributed by atoms with Crippen molar-refractivity contribution in [2.45, 2.75) is 0 Å². The molecule has 23 heavy (non-hydrogen) atoms. The van der Waals surface area contributed by atoms with Gasteiger partial charge in [-0.2, -0.15) is 0 Å². The van der Waals surface area contributed by atoms with Gasteiger partial charge in [0.15, 0.2) is 6.61 Å². The van der Waals surface area contributed by atoms with E-state index >= 15 is 0 Å². The summed E-state index contributed by atoms with van der Waals surface area (Å²) in [7, 11) is 0. The van der Waals surface area contributed by atoms with Crippen molar-refractivity contribution < 1.29 is 18.7 Å². The first-order valence-electron chi connectivity index (χ1n) is 6.54. The maximum absolute atomic E-state index is 13.0. The van der Waals surface area contributed by atoms with E-state index in [1.165, 1.54) is 42.5 Å². The molecule has 0 aliphatic rings. The molecule has 2 rings (SSSR count). The first kappa shape index (κ1) is 17.2. The topological polar surface area (TPSA) is 43.4 Å². The summed E-state index contributed by atoms with van der Waals surface area (Å²) < 4.78 is 17.8. The molecule has 118 valence electrons. The number of carbonyl (C=O) groups excluding carboxylic acids is 2. The van der Waals surface area contributed by atoms with Crippen LogP contribution in [0.4, 0.5) is 4.39 Å². The molecule has 0 amide bonds. The van der Waals surface area contributed by atoms with Crippen molar-refractivity contribution in [1.82, 2.24) is 0 Å². The molecule has 3 nitrogen and oxygen atoms in total. The highest BCUT2D eigenvalue weighted by molar-refractivity contribution is 6.36. The molecule has 0 heterocycles. The van der Waals surface area contributed by atoms with E-state index in [0.717, 1.165) is 6.08 Å². The van der Waals surface area contributed by atoms with Crippen LogP contribution < -0.4 is 0 Å². The molecule has 6 heteroatoms. The first-order valence-corrected chi connectivity index (χ1v) is 7.30. The fourth-order valence-electron chi connectivity index (χ4n) is 1.75. The Morgan fingerprint density at radius 3 is 2.61 bits per heavy atom. The van der Waals surface area contributed by atoms with Crippen molar-refractivity contribution in [3.05, 3.63) is 75.5 Å². The van der Waals surface area contributed by atoms with E-state index in [4.69, 9.17) is 27.9 Å². The van der Waals surface area contributed by atoms with E-state index in [1.807, 2.05) is 0 Å². The molecular formula is C17H11Cl2FO3. The van der Waals surface area contributed by atoms with Crippen LogP contribution in [0.1, 0.15) is 15.9 Å². The predicted octanol–water partition coefficient (Wildman–Crippen LogP) is 4.57. The molecule has 0 aliphatic heterocycles. The van der Waals surface area contributed by atoms with Crippen molar-refractivity contribution >= 4 is 41.0 Å². The van der Waals surface area contributed by atoms with Gasteiger partial charge < -0.3 is 4.74 Å². The van der Waals surface area contributed by atoms with Gasteiger partial charge in [-0.25, -0.2) is 9.18 Å². The summed E-state index contributed by atoms with van der Waals surface area (Å²) in [6.45, 7) is -0.451. The fraction of sp³-hybridized carbons (Fsp3) is 0.0588. The standard InChI is InChI=1S/C17H11Cl2FO3/c18-12-5-6-14(15(19)9-12)16(21)10-23-17(22)7-4-11-2-1-3-13(20)8-11/h1-9H,10H2/b7-4+. The van der Waals surface area contributed by atoms with Gasteiger partial charge in [-0.15, -0.1) is 0 Å². The minimum Gasteiger partial charge on any atom is -0.454 e. The lowest BCUT2D eigenvalue weighted by Gasteiger charge is -2.04. The second-order valence-electron chi connectivity index (χ2n) is 4.54. The van der Waals surface area contributed by atoms with Crippen LogP contribution in [0.5, 0.6) is 0 Å².